The summed E-state index contributed by atoms with van der Waals surface area (Å²) in [6, 6.07) is 0. The van der Waals surface area contributed by atoms with Crippen molar-refractivity contribution in [2.24, 2.45) is 16.3 Å². The molecule has 114 valence electrons. The maximum Gasteiger partial charge on any atom is 0.157 e. The zero-order chi connectivity index (χ0) is 14.1. The Kier molecular flexibility index (Phi) is 4.35. The van der Waals surface area contributed by atoms with Gasteiger partial charge < -0.3 is 5.32 Å². The second-order valence-electron chi connectivity index (χ2n) is 7.89. The molecule has 3 aliphatic rings. The van der Waals surface area contributed by atoms with Crippen LogP contribution >= 0.6 is 11.8 Å². The third-order valence-electron chi connectivity index (χ3n) is 5.61. The second kappa shape index (κ2) is 5.90. The fraction of sp³-hybridized carbons (Fsp3) is 0.941. The van der Waals surface area contributed by atoms with E-state index in [4.69, 9.17) is 4.99 Å². The minimum Gasteiger partial charge on any atom is -0.359 e. The van der Waals surface area contributed by atoms with Crippen LogP contribution in [0, 0.1) is 11.3 Å². The third kappa shape index (κ3) is 3.35. The molecule has 3 heteroatoms. The zero-order valence-corrected chi connectivity index (χ0v) is 14.0. The Morgan fingerprint density at radius 1 is 1.20 bits per heavy atom. The van der Waals surface area contributed by atoms with Gasteiger partial charge in [0.2, 0.25) is 0 Å². The van der Waals surface area contributed by atoms with Crippen molar-refractivity contribution in [3.63, 3.8) is 0 Å². The number of nitrogens with zero attached hydrogens (tertiary/aromatic N) is 1. The molecule has 20 heavy (non-hydrogen) atoms. The summed E-state index contributed by atoms with van der Waals surface area (Å²) in [5.41, 5.74) is 0.859. The quantitative estimate of drug-likeness (QED) is 0.805. The van der Waals surface area contributed by atoms with E-state index in [9.17, 15) is 0 Å². The van der Waals surface area contributed by atoms with Crippen LogP contribution in [-0.4, -0.2) is 23.0 Å². The van der Waals surface area contributed by atoms with Crippen LogP contribution in [0.2, 0.25) is 0 Å². The molecule has 2 nitrogen and oxygen atoms in total. The van der Waals surface area contributed by atoms with Gasteiger partial charge in [0.05, 0.1) is 0 Å². The van der Waals surface area contributed by atoms with E-state index in [2.05, 4.69) is 19.2 Å². The fourth-order valence-corrected chi connectivity index (χ4v) is 5.51. The number of hydrogen-bond acceptors (Lipinski definition) is 2. The van der Waals surface area contributed by atoms with Crippen molar-refractivity contribution in [2.75, 3.05) is 12.3 Å². The van der Waals surface area contributed by atoms with Crippen LogP contribution in [0.15, 0.2) is 4.99 Å². The summed E-state index contributed by atoms with van der Waals surface area (Å²) in [6.07, 6.45) is 12.5. The summed E-state index contributed by atoms with van der Waals surface area (Å²) in [5.74, 6) is 2.12. The van der Waals surface area contributed by atoms with Crippen molar-refractivity contribution in [3.8, 4) is 0 Å². The first-order valence-electron chi connectivity index (χ1n) is 8.55. The highest BCUT2D eigenvalue weighted by Gasteiger charge is 2.40. The first kappa shape index (κ1) is 14.7. The lowest BCUT2D eigenvalue weighted by atomic mass is 9.76. The molecule has 3 rings (SSSR count). The van der Waals surface area contributed by atoms with E-state index in [1.54, 1.807) is 0 Å². The maximum atomic E-state index is 4.96. The molecule has 1 heterocycles. The number of amidine groups is 1. The van der Waals surface area contributed by atoms with Crippen molar-refractivity contribution >= 4 is 16.9 Å². The molecule has 1 aliphatic heterocycles. The van der Waals surface area contributed by atoms with Gasteiger partial charge in [-0.05, 0) is 37.0 Å². The SMILES string of the molecule is CC1CCCC2(CSC(=NCC3(C)CCCCC3)N2)C1. The molecule has 1 saturated heterocycles. The Hall–Kier alpha value is -0.180. The van der Waals surface area contributed by atoms with Crippen molar-refractivity contribution in [2.45, 2.75) is 77.2 Å². The number of hydrogen-bond donors (Lipinski definition) is 1. The fourth-order valence-electron chi connectivity index (χ4n) is 4.32. The predicted octanol–water partition coefficient (Wildman–Crippen LogP) is 4.60. The van der Waals surface area contributed by atoms with Crippen LogP contribution in [-0.2, 0) is 0 Å². The van der Waals surface area contributed by atoms with Crippen LogP contribution < -0.4 is 5.32 Å². The van der Waals surface area contributed by atoms with Crippen LogP contribution in [0.1, 0.15) is 71.6 Å². The average Bonchev–Trinajstić information content (AvgIpc) is 2.80. The molecular formula is C17H30N2S. The van der Waals surface area contributed by atoms with Gasteiger partial charge in [0, 0.05) is 17.8 Å². The van der Waals surface area contributed by atoms with E-state index >= 15 is 0 Å². The first-order chi connectivity index (χ1) is 9.59. The van der Waals surface area contributed by atoms with Crippen LogP contribution in [0.5, 0.6) is 0 Å². The Morgan fingerprint density at radius 2 is 2.00 bits per heavy atom. The highest BCUT2D eigenvalue weighted by Crippen LogP contribution is 2.40. The zero-order valence-electron chi connectivity index (χ0n) is 13.2. The molecule has 1 N–H and O–H groups in total. The van der Waals surface area contributed by atoms with Crippen LogP contribution in [0.4, 0.5) is 0 Å². The maximum absolute atomic E-state index is 4.96. The lowest BCUT2D eigenvalue weighted by molar-refractivity contribution is 0.225. The number of rotatable bonds is 2. The topological polar surface area (TPSA) is 24.4 Å². The second-order valence-corrected chi connectivity index (χ2v) is 8.85. The molecule has 0 radical (unpaired) electrons. The van der Waals surface area contributed by atoms with Crippen molar-refractivity contribution < 1.29 is 0 Å². The molecule has 2 saturated carbocycles. The molecule has 0 aromatic heterocycles. The summed E-state index contributed by atoms with van der Waals surface area (Å²) < 4.78 is 0. The molecule has 2 atom stereocenters. The lowest BCUT2D eigenvalue weighted by Gasteiger charge is -2.36. The Labute approximate surface area is 128 Å². The van der Waals surface area contributed by atoms with Gasteiger partial charge in [-0.15, -0.1) is 0 Å². The highest BCUT2D eigenvalue weighted by molar-refractivity contribution is 8.14. The molecule has 0 bridgehead atoms. The van der Waals surface area contributed by atoms with E-state index in [1.807, 2.05) is 11.8 Å². The Balaban J connectivity index is 1.57. The van der Waals surface area contributed by atoms with Gasteiger partial charge in [0.1, 0.15) is 0 Å². The van der Waals surface area contributed by atoms with Gasteiger partial charge in [0.25, 0.3) is 0 Å². The van der Waals surface area contributed by atoms with Crippen LogP contribution in [0.25, 0.3) is 0 Å². The van der Waals surface area contributed by atoms with Gasteiger partial charge in [-0.25, -0.2) is 0 Å². The number of aliphatic imine (C=N–C) groups is 1. The van der Waals surface area contributed by atoms with Gasteiger partial charge in [-0.1, -0.05) is 57.7 Å². The first-order valence-corrected chi connectivity index (χ1v) is 9.53. The van der Waals surface area contributed by atoms with Gasteiger partial charge in [0.15, 0.2) is 5.17 Å². The number of nitrogens with one attached hydrogen (secondary N) is 1. The van der Waals surface area contributed by atoms with Crippen LogP contribution in [0.3, 0.4) is 0 Å². The van der Waals surface area contributed by atoms with Gasteiger partial charge in [-0.3, -0.25) is 4.99 Å². The summed E-state index contributed by atoms with van der Waals surface area (Å²) >= 11 is 1.98. The van der Waals surface area contributed by atoms with E-state index in [1.165, 1.54) is 68.7 Å². The summed E-state index contributed by atoms with van der Waals surface area (Å²) in [7, 11) is 0. The minimum atomic E-state index is 0.384. The standard InChI is InChI=1S/C17H30N2S/c1-14-7-6-10-17(11-14)13-20-15(19-17)18-12-16(2)8-4-3-5-9-16/h14H,3-13H2,1-2H3,(H,18,19). The molecule has 1 spiro atoms. The summed E-state index contributed by atoms with van der Waals surface area (Å²) in [6.45, 7) is 5.88. The van der Waals surface area contributed by atoms with E-state index in [-0.39, 0.29) is 0 Å². The van der Waals surface area contributed by atoms with E-state index < -0.39 is 0 Å². The smallest absolute Gasteiger partial charge is 0.157 e. The summed E-state index contributed by atoms with van der Waals surface area (Å²) in [4.78, 5) is 4.96. The normalized spacial score (nSPS) is 39.1. The van der Waals surface area contributed by atoms with Gasteiger partial charge in [-0.2, -0.15) is 0 Å². The Morgan fingerprint density at radius 3 is 2.75 bits per heavy atom. The van der Waals surface area contributed by atoms with E-state index in [0.717, 1.165) is 12.5 Å². The third-order valence-corrected chi connectivity index (χ3v) is 6.82. The monoisotopic (exact) mass is 294 g/mol. The van der Waals surface area contributed by atoms with Gasteiger partial charge >= 0.3 is 0 Å². The van der Waals surface area contributed by atoms with Crippen molar-refractivity contribution in [1.82, 2.24) is 5.32 Å². The minimum absolute atomic E-state index is 0.384. The largest absolute Gasteiger partial charge is 0.359 e. The molecule has 0 aromatic rings. The predicted molar refractivity (Wildman–Crippen MR) is 89.5 cm³/mol. The highest BCUT2D eigenvalue weighted by atomic mass is 32.2. The molecule has 2 aliphatic carbocycles. The molecular weight excluding hydrogens is 264 g/mol. The Bertz CT molecular complexity index is 373. The average molecular weight is 295 g/mol. The van der Waals surface area contributed by atoms with Crippen molar-refractivity contribution in [1.29, 1.82) is 0 Å². The number of thioether (sulfide) groups is 1. The van der Waals surface area contributed by atoms with Crippen molar-refractivity contribution in [3.05, 3.63) is 0 Å². The van der Waals surface area contributed by atoms with E-state index in [0.29, 0.717) is 11.0 Å². The lowest BCUT2D eigenvalue weighted by Crippen LogP contribution is -2.47. The molecule has 3 fully saturated rings. The summed E-state index contributed by atoms with van der Waals surface area (Å²) in [5, 5.41) is 5.05. The molecule has 2 unspecified atom stereocenters. The molecule has 0 aromatic carbocycles. The molecule has 0 amide bonds.